The molecule has 2 N–H and O–H groups in total. The number of ether oxygens (including phenoxy) is 3. The molecule has 0 spiro atoms. The standard InChI is InChI=1S/C16H19NO5S/c1-19-15-12(5-4-6-18)13(17-22-7-2-3-10-23)11-14-16(15)21-9-8-20-14/h2-5,7,10-11,17-18,23H,6,8-9H2,1H3/b5-4+,7-2+,10-3-. The van der Waals surface area contributed by atoms with Gasteiger partial charge in [0, 0.05) is 11.6 Å². The summed E-state index contributed by atoms with van der Waals surface area (Å²) in [7, 11) is 1.55. The van der Waals surface area contributed by atoms with E-state index in [-0.39, 0.29) is 6.61 Å². The van der Waals surface area contributed by atoms with Gasteiger partial charge in [0.25, 0.3) is 0 Å². The van der Waals surface area contributed by atoms with E-state index in [0.29, 0.717) is 41.7 Å². The summed E-state index contributed by atoms with van der Waals surface area (Å²) in [5.41, 5.74) is 4.12. The van der Waals surface area contributed by atoms with Crippen molar-refractivity contribution in [2.75, 3.05) is 32.4 Å². The Bertz CT molecular complexity index is 613. The third-order valence-corrected chi connectivity index (χ3v) is 3.11. The summed E-state index contributed by atoms with van der Waals surface area (Å²) >= 11 is 3.94. The van der Waals surface area contributed by atoms with Crippen molar-refractivity contribution in [3.8, 4) is 17.2 Å². The van der Waals surface area contributed by atoms with Gasteiger partial charge >= 0.3 is 0 Å². The zero-order chi connectivity index (χ0) is 16.5. The molecule has 1 aliphatic heterocycles. The molecule has 0 bridgehead atoms. The van der Waals surface area contributed by atoms with Crippen LogP contribution in [0.15, 0.2) is 36.0 Å². The van der Waals surface area contributed by atoms with Crippen LogP contribution < -0.4 is 19.7 Å². The highest BCUT2D eigenvalue weighted by Crippen LogP contribution is 2.46. The topological polar surface area (TPSA) is 69.2 Å². The second-order valence-corrected chi connectivity index (χ2v) is 4.67. The number of nitrogens with one attached hydrogen (secondary N) is 1. The van der Waals surface area contributed by atoms with Crippen molar-refractivity contribution in [1.82, 2.24) is 0 Å². The number of aliphatic hydroxyl groups is 1. The van der Waals surface area contributed by atoms with Gasteiger partial charge in [-0.2, -0.15) is 12.6 Å². The summed E-state index contributed by atoms with van der Waals surface area (Å²) < 4.78 is 16.7. The van der Waals surface area contributed by atoms with Crippen molar-refractivity contribution in [2.24, 2.45) is 0 Å². The Labute approximate surface area is 140 Å². The zero-order valence-corrected chi connectivity index (χ0v) is 13.6. The molecule has 0 aromatic heterocycles. The van der Waals surface area contributed by atoms with Gasteiger partial charge in [-0.25, -0.2) is 5.48 Å². The smallest absolute Gasteiger partial charge is 0.204 e. The number of rotatable bonds is 7. The Morgan fingerprint density at radius 3 is 2.91 bits per heavy atom. The lowest BCUT2D eigenvalue weighted by molar-refractivity contribution is 0.165. The van der Waals surface area contributed by atoms with Crippen LogP contribution in [0, 0.1) is 0 Å². The number of benzene rings is 1. The first-order valence-corrected chi connectivity index (χ1v) is 7.49. The van der Waals surface area contributed by atoms with E-state index in [2.05, 4.69) is 18.1 Å². The molecule has 23 heavy (non-hydrogen) atoms. The van der Waals surface area contributed by atoms with Gasteiger partial charge in [-0.1, -0.05) is 18.2 Å². The van der Waals surface area contributed by atoms with E-state index in [0.717, 1.165) is 0 Å². The van der Waals surface area contributed by atoms with E-state index in [1.807, 2.05) is 0 Å². The Kier molecular flexibility index (Phi) is 6.71. The van der Waals surface area contributed by atoms with Gasteiger partial charge < -0.3 is 24.2 Å². The molecule has 0 unspecified atom stereocenters. The monoisotopic (exact) mass is 337 g/mol. The molecule has 2 rings (SSSR count). The van der Waals surface area contributed by atoms with Gasteiger partial charge in [0.1, 0.15) is 19.5 Å². The highest BCUT2D eigenvalue weighted by atomic mass is 32.1. The van der Waals surface area contributed by atoms with Crippen molar-refractivity contribution in [3.63, 3.8) is 0 Å². The molecule has 0 fully saturated rings. The maximum atomic E-state index is 9.03. The maximum Gasteiger partial charge on any atom is 0.204 e. The van der Waals surface area contributed by atoms with Crippen LogP contribution in [0.25, 0.3) is 6.08 Å². The van der Waals surface area contributed by atoms with Crippen molar-refractivity contribution in [1.29, 1.82) is 0 Å². The maximum absolute atomic E-state index is 9.03. The van der Waals surface area contributed by atoms with Crippen molar-refractivity contribution in [2.45, 2.75) is 0 Å². The normalized spacial score (nSPS) is 13.9. The number of thiol groups is 1. The summed E-state index contributed by atoms with van der Waals surface area (Å²) in [6, 6.07) is 1.76. The van der Waals surface area contributed by atoms with Crippen LogP contribution in [0.3, 0.4) is 0 Å². The Balaban J connectivity index is 2.35. The van der Waals surface area contributed by atoms with E-state index >= 15 is 0 Å². The molecule has 124 valence electrons. The lowest BCUT2D eigenvalue weighted by atomic mass is 10.1. The summed E-state index contributed by atoms with van der Waals surface area (Å²) in [5, 5.41) is 10.6. The number of allylic oxidation sites excluding steroid dienone is 2. The van der Waals surface area contributed by atoms with Crippen molar-refractivity contribution >= 4 is 24.4 Å². The molecule has 1 aromatic carbocycles. The first-order valence-electron chi connectivity index (χ1n) is 6.97. The Hall–Kier alpha value is -2.25. The highest BCUT2D eigenvalue weighted by molar-refractivity contribution is 7.83. The van der Waals surface area contributed by atoms with Gasteiger partial charge in [0.15, 0.2) is 11.5 Å². The van der Waals surface area contributed by atoms with Crippen LogP contribution in [0.4, 0.5) is 5.69 Å². The van der Waals surface area contributed by atoms with Crippen LogP contribution in [0.1, 0.15) is 5.56 Å². The van der Waals surface area contributed by atoms with Crippen LogP contribution >= 0.6 is 12.6 Å². The average molecular weight is 337 g/mol. The highest BCUT2D eigenvalue weighted by Gasteiger charge is 2.23. The number of methoxy groups -OCH3 is 1. The molecule has 0 atom stereocenters. The largest absolute Gasteiger partial charge is 0.492 e. The molecule has 0 saturated carbocycles. The fourth-order valence-corrected chi connectivity index (χ4v) is 2.12. The average Bonchev–Trinajstić information content (AvgIpc) is 2.59. The predicted molar refractivity (Wildman–Crippen MR) is 92.1 cm³/mol. The summed E-state index contributed by atoms with van der Waals surface area (Å²) in [6.07, 6.45) is 8.18. The third-order valence-electron chi connectivity index (χ3n) is 2.93. The van der Waals surface area contributed by atoms with E-state index in [9.17, 15) is 0 Å². The lowest BCUT2D eigenvalue weighted by Crippen LogP contribution is -2.17. The van der Waals surface area contributed by atoms with E-state index in [1.165, 1.54) is 6.26 Å². The SMILES string of the molecule is COc1c(/C=C/CO)c(NO/C=C/C=C\S)cc2c1OCCO2. The molecule has 0 saturated heterocycles. The third kappa shape index (κ3) is 4.37. The summed E-state index contributed by atoms with van der Waals surface area (Å²) in [5.74, 6) is 1.62. The fourth-order valence-electron chi connectivity index (χ4n) is 2.03. The molecule has 0 radical (unpaired) electrons. The molecule has 1 aliphatic rings. The summed E-state index contributed by atoms with van der Waals surface area (Å²) in [6.45, 7) is 0.827. The molecule has 7 heteroatoms. The minimum atomic E-state index is -0.0927. The van der Waals surface area contributed by atoms with E-state index in [1.54, 1.807) is 42.9 Å². The second kappa shape index (κ2) is 9.02. The fraction of sp³-hybridized carbons (Fsp3) is 0.250. The van der Waals surface area contributed by atoms with Gasteiger partial charge in [-0.3, -0.25) is 0 Å². The van der Waals surface area contributed by atoms with E-state index < -0.39 is 0 Å². The number of hydrogen-bond acceptors (Lipinski definition) is 7. The molecule has 0 amide bonds. The Morgan fingerprint density at radius 2 is 2.17 bits per heavy atom. The number of fused-ring (bicyclic) bond motifs is 1. The van der Waals surface area contributed by atoms with Gasteiger partial charge in [0.2, 0.25) is 5.75 Å². The minimum absolute atomic E-state index is 0.0927. The van der Waals surface area contributed by atoms with Crippen LogP contribution in [0.2, 0.25) is 0 Å². The minimum Gasteiger partial charge on any atom is -0.492 e. The van der Waals surface area contributed by atoms with Crippen LogP contribution in [-0.4, -0.2) is 32.0 Å². The quantitative estimate of drug-likeness (QED) is 0.308. The van der Waals surface area contributed by atoms with Crippen LogP contribution in [0.5, 0.6) is 17.2 Å². The first-order chi connectivity index (χ1) is 11.3. The second-order valence-electron chi connectivity index (χ2n) is 4.37. The number of aliphatic hydroxyl groups excluding tert-OH is 1. The number of anilines is 1. The van der Waals surface area contributed by atoms with E-state index in [4.69, 9.17) is 24.2 Å². The van der Waals surface area contributed by atoms with Crippen molar-refractivity contribution in [3.05, 3.63) is 41.5 Å². The molecule has 0 aliphatic carbocycles. The van der Waals surface area contributed by atoms with Gasteiger partial charge in [-0.15, -0.1) is 0 Å². The number of hydrogen-bond donors (Lipinski definition) is 3. The molecular formula is C16H19NO5S. The van der Waals surface area contributed by atoms with Gasteiger partial charge in [0.05, 0.1) is 19.4 Å². The van der Waals surface area contributed by atoms with Gasteiger partial charge in [-0.05, 0) is 11.5 Å². The summed E-state index contributed by atoms with van der Waals surface area (Å²) in [4.78, 5) is 5.27. The molecule has 1 heterocycles. The lowest BCUT2D eigenvalue weighted by Gasteiger charge is -2.23. The Morgan fingerprint density at radius 1 is 1.35 bits per heavy atom. The zero-order valence-electron chi connectivity index (χ0n) is 12.7. The molecule has 1 aromatic rings. The molecular weight excluding hydrogens is 318 g/mol. The van der Waals surface area contributed by atoms with Crippen molar-refractivity contribution < 1.29 is 24.2 Å². The van der Waals surface area contributed by atoms with Crippen LogP contribution in [-0.2, 0) is 4.84 Å². The first kappa shape index (κ1) is 17.1. The molecule has 6 nitrogen and oxygen atoms in total. The predicted octanol–water partition coefficient (Wildman–Crippen LogP) is 2.77.